The highest BCUT2D eigenvalue weighted by Crippen LogP contribution is 2.25. The maximum atomic E-state index is 6.11. The third-order valence-electron chi connectivity index (χ3n) is 4.98. The van der Waals surface area contributed by atoms with Crippen molar-refractivity contribution in [1.82, 2.24) is 15.6 Å². The number of guanidine groups is 1. The third-order valence-corrected chi connectivity index (χ3v) is 4.98. The van der Waals surface area contributed by atoms with Gasteiger partial charge in [-0.05, 0) is 49.8 Å². The smallest absolute Gasteiger partial charge is 0.218 e. The molecule has 29 heavy (non-hydrogen) atoms. The molecule has 0 spiro atoms. The molecule has 0 atom stereocenters. The molecule has 2 N–H and O–H groups in total. The highest BCUT2D eigenvalue weighted by molar-refractivity contribution is 14.0. The molecule has 0 bridgehead atoms. The zero-order chi connectivity index (χ0) is 19.6. The minimum atomic E-state index is 0. The summed E-state index contributed by atoms with van der Waals surface area (Å²) in [4.78, 5) is 8.74. The van der Waals surface area contributed by atoms with E-state index >= 15 is 0 Å². The number of hydrogen-bond donors (Lipinski definition) is 2. The largest absolute Gasteiger partial charge is 0.496 e. The van der Waals surface area contributed by atoms with Gasteiger partial charge in [0.25, 0.3) is 0 Å². The van der Waals surface area contributed by atoms with Gasteiger partial charge in [0.2, 0.25) is 5.88 Å². The Balaban J connectivity index is 0.00000300. The van der Waals surface area contributed by atoms with Crippen LogP contribution in [0.1, 0.15) is 36.8 Å². The molecule has 158 valence electrons. The van der Waals surface area contributed by atoms with Gasteiger partial charge in [-0.25, -0.2) is 4.98 Å². The lowest BCUT2D eigenvalue weighted by Gasteiger charge is -2.17. The summed E-state index contributed by atoms with van der Waals surface area (Å²) < 4.78 is 11.5. The minimum Gasteiger partial charge on any atom is -0.496 e. The van der Waals surface area contributed by atoms with Gasteiger partial charge in [0.1, 0.15) is 11.9 Å². The Bertz CT molecular complexity index is 779. The molecule has 2 aromatic rings. The number of pyridine rings is 1. The molecule has 0 radical (unpaired) electrons. The summed E-state index contributed by atoms with van der Waals surface area (Å²) in [6.45, 7) is 1.38. The first-order chi connectivity index (χ1) is 13.8. The highest BCUT2D eigenvalue weighted by atomic mass is 127. The van der Waals surface area contributed by atoms with E-state index in [-0.39, 0.29) is 24.0 Å². The standard InChI is InChI=1S/C22H30N4O2.HI/c1-23-22(25-15-13-17-8-3-6-12-20(17)27-2)26-16-18-9-7-14-24-21(18)28-19-10-4-5-11-19;/h3,6-9,12,14,19H,4-5,10-11,13,15-16H2,1-2H3,(H2,23,25,26);1H. The minimum absolute atomic E-state index is 0. The van der Waals surface area contributed by atoms with Crippen molar-refractivity contribution in [2.75, 3.05) is 20.7 Å². The Kier molecular flexibility index (Phi) is 10.0. The van der Waals surface area contributed by atoms with Gasteiger partial charge < -0.3 is 20.1 Å². The van der Waals surface area contributed by atoms with Crippen LogP contribution in [0.25, 0.3) is 0 Å². The Morgan fingerprint density at radius 3 is 2.62 bits per heavy atom. The van der Waals surface area contributed by atoms with Crippen LogP contribution in [0.2, 0.25) is 0 Å². The predicted octanol–water partition coefficient (Wildman–Crippen LogP) is 3.94. The van der Waals surface area contributed by atoms with Crippen molar-refractivity contribution in [3.8, 4) is 11.6 Å². The maximum absolute atomic E-state index is 6.11. The number of nitrogens with one attached hydrogen (secondary N) is 2. The molecule has 0 unspecified atom stereocenters. The van der Waals surface area contributed by atoms with E-state index in [9.17, 15) is 0 Å². The second-order valence-electron chi connectivity index (χ2n) is 6.91. The van der Waals surface area contributed by atoms with Crippen LogP contribution in [0, 0.1) is 0 Å². The highest BCUT2D eigenvalue weighted by Gasteiger charge is 2.18. The molecule has 0 aliphatic heterocycles. The number of nitrogens with zero attached hydrogens (tertiary/aromatic N) is 2. The quantitative estimate of drug-likeness (QED) is 0.320. The number of aliphatic imine (C=N–C) groups is 1. The van der Waals surface area contributed by atoms with Crippen LogP contribution in [0.5, 0.6) is 11.6 Å². The molecular formula is C22H31IN4O2. The molecule has 1 saturated carbocycles. The molecule has 1 aliphatic rings. The van der Waals surface area contributed by atoms with Crippen molar-refractivity contribution in [3.63, 3.8) is 0 Å². The molecule has 1 heterocycles. The molecule has 3 rings (SSSR count). The van der Waals surface area contributed by atoms with Crippen LogP contribution in [0.3, 0.4) is 0 Å². The Morgan fingerprint density at radius 1 is 1.10 bits per heavy atom. The summed E-state index contributed by atoms with van der Waals surface area (Å²) in [7, 11) is 3.48. The first-order valence-electron chi connectivity index (χ1n) is 9.97. The van der Waals surface area contributed by atoms with Gasteiger partial charge in [-0.1, -0.05) is 24.3 Å². The van der Waals surface area contributed by atoms with Gasteiger partial charge in [-0.2, -0.15) is 0 Å². The first kappa shape index (κ1) is 23.3. The summed E-state index contributed by atoms with van der Waals surface area (Å²) in [5, 5.41) is 6.71. The Morgan fingerprint density at radius 2 is 1.86 bits per heavy atom. The zero-order valence-electron chi connectivity index (χ0n) is 17.2. The molecule has 1 aromatic heterocycles. The van der Waals surface area contributed by atoms with Crippen molar-refractivity contribution >= 4 is 29.9 Å². The summed E-state index contributed by atoms with van der Waals surface area (Å²) in [6, 6.07) is 12.1. The van der Waals surface area contributed by atoms with E-state index < -0.39 is 0 Å². The molecule has 1 fully saturated rings. The van der Waals surface area contributed by atoms with Crippen molar-refractivity contribution in [2.45, 2.75) is 44.8 Å². The van der Waals surface area contributed by atoms with Gasteiger partial charge in [0, 0.05) is 31.9 Å². The summed E-state index contributed by atoms with van der Waals surface area (Å²) in [5.41, 5.74) is 2.22. The van der Waals surface area contributed by atoms with Gasteiger partial charge >= 0.3 is 0 Å². The third kappa shape index (κ3) is 7.06. The monoisotopic (exact) mass is 510 g/mol. The summed E-state index contributed by atoms with van der Waals surface area (Å²) >= 11 is 0. The Hall–Kier alpha value is -2.03. The van der Waals surface area contributed by atoms with Crippen molar-refractivity contribution in [3.05, 3.63) is 53.7 Å². The average molecular weight is 510 g/mol. The van der Waals surface area contributed by atoms with Gasteiger partial charge in [0.15, 0.2) is 5.96 Å². The lowest BCUT2D eigenvalue weighted by atomic mass is 10.1. The second kappa shape index (κ2) is 12.5. The fraction of sp³-hybridized carbons (Fsp3) is 0.455. The van der Waals surface area contributed by atoms with E-state index in [1.54, 1.807) is 20.4 Å². The van der Waals surface area contributed by atoms with Gasteiger partial charge in [-0.15, -0.1) is 24.0 Å². The second-order valence-corrected chi connectivity index (χ2v) is 6.91. The summed E-state index contributed by atoms with van der Waals surface area (Å²) in [6.07, 6.45) is 7.67. The fourth-order valence-corrected chi connectivity index (χ4v) is 3.45. The molecule has 6 nitrogen and oxygen atoms in total. The van der Waals surface area contributed by atoms with Crippen molar-refractivity contribution in [1.29, 1.82) is 0 Å². The van der Waals surface area contributed by atoms with Crippen LogP contribution in [0.4, 0.5) is 0 Å². The predicted molar refractivity (Wildman–Crippen MR) is 127 cm³/mol. The Labute approximate surface area is 190 Å². The van der Waals surface area contributed by atoms with Crippen LogP contribution in [0.15, 0.2) is 47.6 Å². The van der Waals surface area contributed by atoms with Crippen molar-refractivity contribution in [2.24, 2.45) is 4.99 Å². The molecule has 1 aromatic carbocycles. The zero-order valence-corrected chi connectivity index (χ0v) is 19.5. The van der Waals surface area contributed by atoms with Gasteiger partial charge in [0.05, 0.1) is 7.11 Å². The van der Waals surface area contributed by atoms with Crippen LogP contribution < -0.4 is 20.1 Å². The number of aromatic nitrogens is 1. The number of hydrogen-bond acceptors (Lipinski definition) is 4. The van der Waals surface area contributed by atoms with Crippen LogP contribution in [-0.4, -0.2) is 37.7 Å². The molecular weight excluding hydrogens is 479 g/mol. The number of benzene rings is 1. The first-order valence-corrected chi connectivity index (χ1v) is 9.97. The van der Waals surface area contributed by atoms with E-state index in [2.05, 4.69) is 26.7 Å². The van der Waals surface area contributed by atoms with Crippen LogP contribution in [-0.2, 0) is 13.0 Å². The van der Waals surface area contributed by atoms with Gasteiger partial charge in [-0.3, -0.25) is 4.99 Å². The number of halogens is 1. The molecule has 1 aliphatic carbocycles. The number of methoxy groups -OCH3 is 1. The van der Waals surface area contributed by atoms with E-state index in [1.165, 1.54) is 18.4 Å². The SMILES string of the molecule is CN=C(NCCc1ccccc1OC)NCc1cccnc1OC1CCCC1.I. The van der Waals surface area contributed by atoms with E-state index in [1.807, 2.05) is 30.3 Å². The summed E-state index contributed by atoms with van der Waals surface area (Å²) in [5.74, 6) is 2.40. The molecule has 0 amide bonds. The maximum Gasteiger partial charge on any atom is 0.218 e. The average Bonchev–Trinajstić information content (AvgIpc) is 3.25. The normalized spacial score (nSPS) is 14.2. The topological polar surface area (TPSA) is 67.8 Å². The molecule has 0 saturated heterocycles. The van der Waals surface area contributed by atoms with E-state index in [0.717, 1.165) is 49.0 Å². The van der Waals surface area contributed by atoms with E-state index in [0.29, 0.717) is 12.6 Å². The molecule has 7 heteroatoms. The van der Waals surface area contributed by atoms with Crippen LogP contribution >= 0.6 is 24.0 Å². The number of ether oxygens (including phenoxy) is 2. The fourth-order valence-electron chi connectivity index (χ4n) is 3.45. The lowest BCUT2D eigenvalue weighted by molar-refractivity contribution is 0.199. The number of para-hydroxylation sites is 1. The number of rotatable bonds is 8. The lowest BCUT2D eigenvalue weighted by Crippen LogP contribution is -2.38. The van der Waals surface area contributed by atoms with E-state index in [4.69, 9.17) is 9.47 Å². The van der Waals surface area contributed by atoms with Crippen molar-refractivity contribution < 1.29 is 9.47 Å².